The molecule has 3 nitrogen and oxygen atoms in total. The van der Waals surface area contributed by atoms with Crippen LogP contribution < -0.4 is 10.6 Å². The Morgan fingerprint density at radius 3 is 2.38 bits per heavy atom. The molecule has 86 valence electrons. The molecule has 6 heteroatoms. The van der Waals surface area contributed by atoms with Gasteiger partial charge >= 0.3 is 6.03 Å². The average molecular weight is 291 g/mol. The van der Waals surface area contributed by atoms with Crippen LogP contribution >= 0.6 is 15.9 Å². The van der Waals surface area contributed by atoms with Crippen LogP contribution in [-0.4, -0.2) is 12.1 Å². The number of anilines is 1. The molecule has 2 N–H and O–H groups in total. The highest BCUT2D eigenvalue weighted by Crippen LogP contribution is 2.24. The Bertz CT molecular complexity index is 412. The number of carbonyl (C=O) groups is 1. The molecule has 1 aliphatic carbocycles. The summed E-state index contributed by atoms with van der Waals surface area (Å²) < 4.78 is 26.9. The van der Waals surface area contributed by atoms with E-state index in [9.17, 15) is 13.6 Å². The van der Waals surface area contributed by atoms with E-state index >= 15 is 0 Å². The second-order valence-corrected chi connectivity index (χ2v) is 4.53. The van der Waals surface area contributed by atoms with Crippen molar-refractivity contribution in [2.75, 3.05) is 5.32 Å². The molecule has 1 aromatic rings. The van der Waals surface area contributed by atoms with Crippen molar-refractivity contribution >= 4 is 27.6 Å². The largest absolute Gasteiger partial charge is 0.335 e. The van der Waals surface area contributed by atoms with Crippen molar-refractivity contribution in [2.24, 2.45) is 0 Å². The van der Waals surface area contributed by atoms with E-state index < -0.39 is 23.4 Å². The molecule has 0 aliphatic heterocycles. The molecule has 1 aromatic carbocycles. The summed E-state index contributed by atoms with van der Waals surface area (Å²) in [7, 11) is 0. The quantitative estimate of drug-likeness (QED) is 0.864. The number of hydrogen-bond donors (Lipinski definition) is 2. The Kier molecular flexibility index (Phi) is 3.09. The van der Waals surface area contributed by atoms with E-state index in [2.05, 4.69) is 26.6 Å². The third kappa shape index (κ3) is 2.69. The molecule has 0 radical (unpaired) electrons. The monoisotopic (exact) mass is 290 g/mol. The van der Waals surface area contributed by atoms with Gasteiger partial charge in [0, 0.05) is 10.5 Å². The van der Waals surface area contributed by atoms with Gasteiger partial charge in [-0.05, 0) is 25.0 Å². The van der Waals surface area contributed by atoms with Crippen LogP contribution in [0.4, 0.5) is 19.3 Å². The molecular weight excluding hydrogens is 282 g/mol. The molecule has 2 amide bonds. The van der Waals surface area contributed by atoms with Gasteiger partial charge in [0.1, 0.15) is 5.69 Å². The zero-order chi connectivity index (χ0) is 11.7. The molecule has 0 atom stereocenters. The number of amides is 2. The van der Waals surface area contributed by atoms with Crippen LogP contribution in [0.5, 0.6) is 0 Å². The van der Waals surface area contributed by atoms with Crippen molar-refractivity contribution < 1.29 is 13.6 Å². The Labute approximate surface area is 99.3 Å². The molecule has 16 heavy (non-hydrogen) atoms. The third-order valence-electron chi connectivity index (χ3n) is 2.16. The molecule has 1 aliphatic rings. The summed E-state index contributed by atoms with van der Waals surface area (Å²) in [6, 6.07) is 1.75. The van der Waals surface area contributed by atoms with Crippen LogP contribution in [-0.2, 0) is 0 Å². The summed E-state index contributed by atoms with van der Waals surface area (Å²) in [5.41, 5.74) is -0.429. The van der Waals surface area contributed by atoms with Crippen LogP contribution in [0.1, 0.15) is 12.8 Å². The van der Waals surface area contributed by atoms with Gasteiger partial charge in [0.25, 0.3) is 0 Å². The zero-order valence-electron chi connectivity index (χ0n) is 8.19. The molecular formula is C10H9BrF2N2O. The highest BCUT2D eigenvalue weighted by Gasteiger charge is 2.24. The SMILES string of the molecule is O=C(Nc1c(F)cc(Br)cc1F)NC1CC1. The van der Waals surface area contributed by atoms with E-state index in [-0.39, 0.29) is 10.5 Å². The summed E-state index contributed by atoms with van der Waals surface area (Å²) in [4.78, 5) is 11.3. The van der Waals surface area contributed by atoms with E-state index in [1.165, 1.54) is 0 Å². The first-order valence-electron chi connectivity index (χ1n) is 4.78. The van der Waals surface area contributed by atoms with Crippen molar-refractivity contribution in [1.82, 2.24) is 5.32 Å². The third-order valence-corrected chi connectivity index (χ3v) is 2.62. The molecule has 0 spiro atoms. The van der Waals surface area contributed by atoms with E-state index in [4.69, 9.17) is 0 Å². The number of carbonyl (C=O) groups excluding carboxylic acids is 1. The minimum absolute atomic E-state index is 0.140. The van der Waals surface area contributed by atoms with Crippen molar-refractivity contribution in [2.45, 2.75) is 18.9 Å². The first-order chi connectivity index (χ1) is 7.56. The Morgan fingerprint density at radius 1 is 1.31 bits per heavy atom. The van der Waals surface area contributed by atoms with Gasteiger partial charge < -0.3 is 10.6 Å². The summed E-state index contributed by atoms with van der Waals surface area (Å²) in [6.45, 7) is 0. The number of hydrogen-bond acceptors (Lipinski definition) is 1. The molecule has 0 bridgehead atoms. The smallest absolute Gasteiger partial charge is 0.319 e. The first kappa shape index (κ1) is 11.3. The standard InChI is InChI=1S/C10H9BrF2N2O/c11-5-3-7(12)9(8(13)4-5)15-10(16)14-6-1-2-6/h3-4,6H,1-2H2,(H2,14,15,16). The lowest BCUT2D eigenvalue weighted by Gasteiger charge is -2.08. The van der Waals surface area contributed by atoms with Gasteiger partial charge in [-0.15, -0.1) is 0 Å². The maximum Gasteiger partial charge on any atom is 0.319 e. The highest BCUT2D eigenvalue weighted by atomic mass is 79.9. The van der Waals surface area contributed by atoms with E-state index in [1.807, 2.05) is 0 Å². The fourth-order valence-corrected chi connectivity index (χ4v) is 1.63. The van der Waals surface area contributed by atoms with Crippen molar-refractivity contribution in [3.05, 3.63) is 28.2 Å². The second-order valence-electron chi connectivity index (χ2n) is 3.62. The van der Waals surface area contributed by atoms with E-state index in [1.54, 1.807) is 0 Å². The fraction of sp³-hybridized carbons (Fsp3) is 0.300. The molecule has 0 aromatic heterocycles. The molecule has 0 unspecified atom stereocenters. The number of urea groups is 1. The molecule has 2 rings (SSSR count). The summed E-state index contributed by atoms with van der Waals surface area (Å²) in [5, 5.41) is 4.73. The zero-order valence-corrected chi connectivity index (χ0v) is 9.77. The lowest BCUT2D eigenvalue weighted by atomic mass is 10.3. The Morgan fingerprint density at radius 2 is 1.88 bits per heavy atom. The van der Waals surface area contributed by atoms with Gasteiger partial charge in [-0.2, -0.15) is 0 Å². The predicted molar refractivity (Wildman–Crippen MR) is 59.2 cm³/mol. The minimum atomic E-state index is -0.808. The van der Waals surface area contributed by atoms with Gasteiger partial charge in [-0.1, -0.05) is 15.9 Å². The lowest BCUT2D eigenvalue weighted by Crippen LogP contribution is -2.31. The maximum absolute atomic E-state index is 13.3. The second kappa shape index (κ2) is 4.37. The first-order valence-corrected chi connectivity index (χ1v) is 5.57. The molecule has 1 fully saturated rings. The van der Waals surface area contributed by atoms with Crippen LogP contribution in [0.25, 0.3) is 0 Å². The topological polar surface area (TPSA) is 41.1 Å². The number of benzene rings is 1. The Balaban J connectivity index is 2.10. The van der Waals surface area contributed by atoms with Gasteiger partial charge in [0.05, 0.1) is 0 Å². The van der Waals surface area contributed by atoms with Gasteiger partial charge in [0.15, 0.2) is 11.6 Å². The normalized spacial score (nSPS) is 14.7. The van der Waals surface area contributed by atoms with Crippen LogP contribution in [0.2, 0.25) is 0 Å². The summed E-state index contributed by atoms with van der Waals surface area (Å²) >= 11 is 2.96. The lowest BCUT2D eigenvalue weighted by molar-refractivity contribution is 0.251. The van der Waals surface area contributed by atoms with Gasteiger partial charge in [-0.3, -0.25) is 0 Å². The molecule has 1 saturated carbocycles. The van der Waals surface area contributed by atoms with Crippen LogP contribution in [0.15, 0.2) is 16.6 Å². The van der Waals surface area contributed by atoms with Crippen molar-refractivity contribution in [3.63, 3.8) is 0 Å². The average Bonchev–Trinajstić information content (AvgIpc) is 2.95. The van der Waals surface area contributed by atoms with Crippen LogP contribution in [0.3, 0.4) is 0 Å². The molecule has 0 heterocycles. The maximum atomic E-state index is 13.3. The van der Waals surface area contributed by atoms with Crippen molar-refractivity contribution in [3.8, 4) is 0 Å². The highest BCUT2D eigenvalue weighted by molar-refractivity contribution is 9.10. The van der Waals surface area contributed by atoms with Crippen molar-refractivity contribution in [1.29, 1.82) is 0 Å². The van der Waals surface area contributed by atoms with Crippen LogP contribution in [0, 0.1) is 11.6 Å². The summed E-state index contributed by atoms with van der Waals surface area (Å²) in [5.74, 6) is -1.62. The van der Waals surface area contributed by atoms with E-state index in [0.29, 0.717) is 0 Å². The van der Waals surface area contributed by atoms with Gasteiger partial charge in [0.2, 0.25) is 0 Å². The van der Waals surface area contributed by atoms with E-state index in [0.717, 1.165) is 25.0 Å². The Hall–Kier alpha value is -1.17. The summed E-state index contributed by atoms with van der Waals surface area (Å²) in [6.07, 6.45) is 1.83. The fourth-order valence-electron chi connectivity index (χ4n) is 1.22. The predicted octanol–water partition coefficient (Wildman–Crippen LogP) is 3.01. The number of halogens is 3. The minimum Gasteiger partial charge on any atom is -0.335 e. The number of nitrogens with one attached hydrogen (secondary N) is 2. The van der Waals surface area contributed by atoms with Gasteiger partial charge in [-0.25, -0.2) is 13.6 Å². The number of rotatable bonds is 2. The molecule has 0 saturated heterocycles.